The van der Waals surface area contributed by atoms with E-state index in [1.54, 1.807) is 15.6 Å². The molecule has 1 fully saturated rings. The minimum atomic E-state index is -3.32. The Bertz CT molecular complexity index is 846. The number of rotatable bonds is 8. The molecule has 0 radical (unpaired) electrons. The number of nitrogens with one attached hydrogen (secondary N) is 2. The van der Waals surface area contributed by atoms with Crippen LogP contribution in [0, 0.1) is 0 Å². The Morgan fingerprint density at radius 3 is 2.54 bits per heavy atom. The third kappa shape index (κ3) is 5.64. The Morgan fingerprint density at radius 1 is 1.18 bits per heavy atom. The fraction of sp³-hybridized carbons (Fsp3) is 0.450. The summed E-state index contributed by atoms with van der Waals surface area (Å²) in [5, 5.41) is 5.04. The van der Waals surface area contributed by atoms with Crippen LogP contribution in [0.3, 0.4) is 0 Å². The maximum Gasteiger partial charge on any atom is 0.278 e. The highest BCUT2D eigenvalue weighted by atomic mass is 32.2. The molecule has 2 aromatic rings. The topological polar surface area (TPSA) is 70.9 Å². The van der Waals surface area contributed by atoms with Crippen molar-refractivity contribution >= 4 is 27.3 Å². The molecular weight excluding hydrogens is 394 g/mol. The van der Waals surface area contributed by atoms with Gasteiger partial charge in [0.05, 0.1) is 31.9 Å². The standard InChI is InChI=1S/C20H27N3O3S2/c1-17(20(24)21-10-9-19-8-5-15-27-19)22-11-13-23(14-12-22)28(25,26)16-18-6-3-2-4-7-18/h2-8,15,17H,9-14,16H2,1H3,(H,21,24)/p+1/t17-/m0/s1. The molecule has 3 rings (SSSR count). The van der Waals surface area contributed by atoms with Gasteiger partial charge in [0.1, 0.15) is 0 Å². The molecule has 1 saturated heterocycles. The Labute approximate surface area is 171 Å². The van der Waals surface area contributed by atoms with Crippen LogP contribution in [0.25, 0.3) is 0 Å². The van der Waals surface area contributed by atoms with Crippen molar-refractivity contribution in [3.05, 3.63) is 58.3 Å². The fourth-order valence-corrected chi connectivity index (χ4v) is 5.71. The van der Waals surface area contributed by atoms with Crippen LogP contribution in [-0.4, -0.2) is 57.4 Å². The van der Waals surface area contributed by atoms with Crippen LogP contribution in [0.15, 0.2) is 47.8 Å². The van der Waals surface area contributed by atoms with E-state index < -0.39 is 10.0 Å². The number of hydrogen-bond donors (Lipinski definition) is 2. The molecule has 0 aliphatic carbocycles. The van der Waals surface area contributed by atoms with Crippen molar-refractivity contribution in [1.29, 1.82) is 0 Å². The van der Waals surface area contributed by atoms with Crippen LogP contribution < -0.4 is 10.2 Å². The molecule has 1 aliphatic heterocycles. The highest BCUT2D eigenvalue weighted by molar-refractivity contribution is 7.88. The molecule has 0 spiro atoms. The van der Waals surface area contributed by atoms with E-state index >= 15 is 0 Å². The van der Waals surface area contributed by atoms with Crippen LogP contribution in [0.1, 0.15) is 17.4 Å². The molecular formula is C20H28N3O3S2+. The molecule has 1 atom stereocenters. The van der Waals surface area contributed by atoms with E-state index in [2.05, 4.69) is 11.4 Å². The predicted octanol–water partition coefficient (Wildman–Crippen LogP) is 0.526. The Hall–Kier alpha value is -1.74. The van der Waals surface area contributed by atoms with Crippen molar-refractivity contribution in [3.63, 3.8) is 0 Å². The van der Waals surface area contributed by atoms with Crippen molar-refractivity contribution in [1.82, 2.24) is 9.62 Å². The molecule has 0 unspecified atom stereocenters. The van der Waals surface area contributed by atoms with Gasteiger partial charge >= 0.3 is 0 Å². The van der Waals surface area contributed by atoms with Gasteiger partial charge in [-0.2, -0.15) is 4.31 Å². The highest BCUT2D eigenvalue weighted by Crippen LogP contribution is 2.11. The molecule has 1 aromatic carbocycles. The number of quaternary nitrogens is 1. The average Bonchev–Trinajstić information content (AvgIpc) is 3.21. The maximum absolute atomic E-state index is 12.7. The van der Waals surface area contributed by atoms with Gasteiger partial charge in [0.15, 0.2) is 6.04 Å². The van der Waals surface area contributed by atoms with Gasteiger partial charge in [-0.05, 0) is 30.4 Å². The van der Waals surface area contributed by atoms with Gasteiger partial charge < -0.3 is 10.2 Å². The molecule has 2 heterocycles. The summed E-state index contributed by atoms with van der Waals surface area (Å²) < 4.78 is 26.9. The zero-order valence-corrected chi connectivity index (χ0v) is 17.8. The number of amides is 1. The lowest BCUT2D eigenvalue weighted by Crippen LogP contribution is -3.19. The van der Waals surface area contributed by atoms with E-state index in [0.717, 1.165) is 16.9 Å². The zero-order valence-electron chi connectivity index (χ0n) is 16.1. The van der Waals surface area contributed by atoms with Crippen molar-refractivity contribution in [3.8, 4) is 0 Å². The predicted molar refractivity (Wildman–Crippen MR) is 112 cm³/mol. The van der Waals surface area contributed by atoms with Crippen molar-refractivity contribution in [2.24, 2.45) is 0 Å². The molecule has 6 nitrogen and oxygen atoms in total. The summed E-state index contributed by atoms with van der Waals surface area (Å²) in [5.74, 6) is 0.0641. The molecule has 8 heteroatoms. The normalized spacial score (nSPS) is 17.3. The van der Waals surface area contributed by atoms with Gasteiger partial charge in [0.25, 0.3) is 5.91 Å². The van der Waals surface area contributed by atoms with E-state index in [0.29, 0.717) is 32.7 Å². The van der Waals surface area contributed by atoms with E-state index in [1.807, 2.05) is 48.7 Å². The van der Waals surface area contributed by atoms with Crippen LogP contribution in [0.5, 0.6) is 0 Å². The second-order valence-corrected chi connectivity index (χ2v) is 10.1. The van der Waals surface area contributed by atoms with Gasteiger partial charge in [-0.15, -0.1) is 11.3 Å². The van der Waals surface area contributed by atoms with E-state index in [9.17, 15) is 13.2 Å². The van der Waals surface area contributed by atoms with Crippen molar-refractivity contribution < 1.29 is 18.1 Å². The number of sulfonamides is 1. The number of thiophene rings is 1. The van der Waals surface area contributed by atoms with Crippen LogP contribution in [-0.2, 0) is 27.0 Å². The monoisotopic (exact) mass is 422 g/mol. The molecule has 0 saturated carbocycles. The maximum atomic E-state index is 12.7. The molecule has 1 amide bonds. The third-order valence-electron chi connectivity index (χ3n) is 5.21. The fourth-order valence-electron chi connectivity index (χ4n) is 3.46. The van der Waals surface area contributed by atoms with Gasteiger partial charge in [-0.25, -0.2) is 8.42 Å². The zero-order chi connectivity index (χ0) is 20.0. The lowest BCUT2D eigenvalue weighted by atomic mass is 10.2. The Morgan fingerprint density at radius 2 is 1.89 bits per heavy atom. The summed E-state index contributed by atoms with van der Waals surface area (Å²) >= 11 is 1.70. The molecule has 1 aliphatic rings. The van der Waals surface area contributed by atoms with E-state index in [1.165, 1.54) is 4.88 Å². The third-order valence-corrected chi connectivity index (χ3v) is 7.99. The Kier molecular flexibility index (Phi) is 7.23. The summed E-state index contributed by atoms with van der Waals surface area (Å²) in [7, 11) is -3.32. The first-order valence-electron chi connectivity index (χ1n) is 9.62. The van der Waals surface area contributed by atoms with Crippen LogP contribution in [0.4, 0.5) is 0 Å². The first kappa shape index (κ1) is 21.0. The highest BCUT2D eigenvalue weighted by Gasteiger charge is 2.33. The molecule has 152 valence electrons. The van der Waals surface area contributed by atoms with Crippen LogP contribution in [0.2, 0.25) is 0 Å². The summed E-state index contributed by atoms with van der Waals surface area (Å²) in [5.41, 5.74) is 0.802. The van der Waals surface area contributed by atoms with Crippen molar-refractivity contribution in [2.45, 2.75) is 25.1 Å². The van der Waals surface area contributed by atoms with E-state index in [4.69, 9.17) is 0 Å². The summed E-state index contributed by atoms with van der Waals surface area (Å²) in [6.07, 6.45) is 0.844. The first-order valence-corrected chi connectivity index (χ1v) is 12.1. The SMILES string of the molecule is C[C@@H](C(=O)NCCc1cccs1)[NH+]1CCN(S(=O)(=O)Cc2ccccc2)CC1. The lowest BCUT2D eigenvalue weighted by Gasteiger charge is -2.34. The minimum Gasteiger partial charge on any atom is -0.351 e. The summed E-state index contributed by atoms with van der Waals surface area (Å²) in [6.45, 7) is 4.76. The van der Waals surface area contributed by atoms with E-state index in [-0.39, 0.29) is 17.7 Å². The second-order valence-electron chi connectivity index (χ2n) is 7.14. The number of piperazine rings is 1. The number of benzene rings is 1. The van der Waals surface area contributed by atoms with Crippen LogP contribution >= 0.6 is 11.3 Å². The second kappa shape index (κ2) is 9.65. The van der Waals surface area contributed by atoms with Gasteiger partial charge in [-0.1, -0.05) is 36.4 Å². The van der Waals surface area contributed by atoms with Gasteiger partial charge in [0, 0.05) is 11.4 Å². The lowest BCUT2D eigenvalue weighted by molar-refractivity contribution is -0.917. The molecule has 2 N–H and O–H groups in total. The van der Waals surface area contributed by atoms with Gasteiger partial charge in [-0.3, -0.25) is 4.79 Å². The molecule has 0 bridgehead atoms. The minimum absolute atomic E-state index is 0.0297. The first-order chi connectivity index (χ1) is 13.5. The number of carbonyl (C=O) groups is 1. The number of carbonyl (C=O) groups excluding carboxylic acids is 1. The Balaban J connectivity index is 1.45. The largest absolute Gasteiger partial charge is 0.351 e. The van der Waals surface area contributed by atoms with Gasteiger partial charge in [0.2, 0.25) is 10.0 Å². The number of nitrogens with zero attached hydrogens (tertiary/aromatic N) is 1. The molecule has 1 aromatic heterocycles. The average molecular weight is 423 g/mol. The molecule has 28 heavy (non-hydrogen) atoms. The summed E-state index contributed by atoms with van der Waals surface area (Å²) in [6, 6.07) is 13.2. The summed E-state index contributed by atoms with van der Waals surface area (Å²) in [4.78, 5) is 14.8. The quantitative estimate of drug-likeness (QED) is 0.652. The number of hydrogen-bond acceptors (Lipinski definition) is 4. The van der Waals surface area contributed by atoms with Crippen molar-refractivity contribution in [2.75, 3.05) is 32.7 Å². The smallest absolute Gasteiger partial charge is 0.278 e.